The van der Waals surface area contributed by atoms with Crippen molar-refractivity contribution in [3.63, 3.8) is 0 Å². The highest BCUT2D eigenvalue weighted by atomic mass is 32.1. The number of carbonyl (C=O) groups is 1. The Morgan fingerprint density at radius 3 is 2.66 bits per heavy atom. The van der Waals surface area contributed by atoms with Gasteiger partial charge >= 0.3 is 0 Å². The minimum atomic E-state index is 0.275. The quantitative estimate of drug-likeness (QED) is 0.527. The van der Waals surface area contributed by atoms with E-state index in [2.05, 4.69) is 51.6 Å². The maximum absolute atomic E-state index is 12.1. The average molecular weight is 448 g/mol. The molecule has 3 aliphatic rings. The van der Waals surface area contributed by atoms with Crippen molar-refractivity contribution in [3.8, 4) is 5.75 Å². The van der Waals surface area contributed by atoms with Crippen LogP contribution < -0.4 is 14.5 Å². The second kappa shape index (κ2) is 8.41. The van der Waals surface area contributed by atoms with E-state index in [4.69, 9.17) is 4.74 Å². The van der Waals surface area contributed by atoms with Crippen LogP contribution in [0.2, 0.25) is 0 Å². The minimum Gasteiger partial charge on any atom is -0.494 e. The number of rotatable bonds is 6. The fourth-order valence-corrected chi connectivity index (χ4v) is 6.26. The molecule has 2 aromatic carbocycles. The van der Waals surface area contributed by atoms with Crippen molar-refractivity contribution in [1.29, 1.82) is 0 Å². The number of piperazine rings is 1. The zero-order chi connectivity index (χ0) is 21.5. The van der Waals surface area contributed by atoms with Crippen molar-refractivity contribution in [2.45, 2.75) is 25.7 Å². The molecule has 0 aliphatic carbocycles. The molecular formula is C26H29N3O2S. The van der Waals surface area contributed by atoms with Gasteiger partial charge in [-0.05, 0) is 66.1 Å². The van der Waals surface area contributed by atoms with E-state index in [1.165, 1.54) is 32.6 Å². The standard InChI is InChI=1S/C26H29N3O2S/c30-25-6-5-19-17-21(18-20-7-10-29(25)26(19)20)31-15-2-9-27-11-13-28(14-12-27)23-3-1-4-24-22(23)8-16-32-24/h1,3-4,8,16-18H,2,5-7,9-15H2. The Balaban J connectivity index is 0.997. The van der Waals surface area contributed by atoms with Crippen LogP contribution in [-0.4, -0.2) is 56.7 Å². The Hall–Kier alpha value is -2.57. The number of anilines is 2. The van der Waals surface area contributed by atoms with Crippen molar-refractivity contribution in [2.75, 3.05) is 55.7 Å². The number of hydrogen-bond acceptors (Lipinski definition) is 5. The molecule has 5 nitrogen and oxygen atoms in total. The summed E-state index contributed by atoms with van der Waals surface area (Å²) >= 11 is 1.82. The zero-order valence-corrected chi connectivity index (χ0v) is 19.2. The molecule has 0 unspecified atom stereocenters. The fourth-order valence-electron chi connectivity index (χ4n) is 5.45. The van der Waals surface area contributed by atoms with Gasteiger partial charge in [0, 0.05) is 61.5 Å². The number of amides is 1. The van der Waals surface area contributed by atoms with Gasteiger partial charge in [0.15, 0.2) is 0 Å². The lowest BCUT2D eigenvalue weighted by Gasteiger charge is -2.36. The smallest absolute Gasteiger partial charge is 0.227 e. The molecule has 166 valence electrons. The number of fused-ring (bicyclic) bond motifs is 1. The van der Waals surface area contributed by atoms with E-state index in [0.29, 0.717) is 6.42 Å². The SMILES string of the molecule is O=C1CCc2cc(OCCCN3CCN(c4cccc5sccc45)CC3)cc3c2N1CC3. The van der Waals surface area contributed by atoms with Gasteiger partial charge in [0.05, 0.1) is 12.3 Å². The topological polar surface area (TPSA) is 36.0 Å². The predicted molar refractivity (Wildman–Crippen MR) is 131 cm³/mol. The van der Waals surface area contributed by atoms with Crippen molar-refractivity contribution in [1.82, 2.24) is 4.90 Å². The van der Waals surface area contributed by atoms with Gasteiger partial charge in [0.25, 0.3) is 0 Å². The number of ether oxygens (including phenoxy) is 1. The fraction of sp³-hybridized carbons (Fsp3) is 0.423. The summed E-state index contributed by atoms with van der Waals surface area (Å²) in [7, 11) is 0. The molecule has 3 aliphatic heterocycles. The second-order valence-electron chi connectivity index (χ2n) is 9.03. The van der Waals surface area contributed by atoms with Gasteiger partial charge in [-0.2, -0.15) is 0 Å². The number of thiophene rings is 1. The molecule has 0 N–H and O–H groups in total. The number of carbonyl (C=O) groups excluding carboxylic acids is 1. The van der Waals surface area contributed by atoms with Crippen LogP contribution >= 0.6 is 11.3 Å². The van der Waals surface area contributed by atoms with E-state index in [1.807, 2.05) is 16.2 Å². The first-order valence-electron chi connectivity index (χ1n) is 11.8. The lowest BCUT2D eigenvalue weighted by molar-refractivity contribution is -0.118. The predicted octanol–water partition coefficient (Wildman–Crippen LogP) is 4.33. The normalized spacial score (nSPS) is 18.4. The van der Waals surface area contributed by atoms with E-state index >= 15 is 0 Å². The van der Waals surface area contributed by atoms with Crippen molar-refractivity contribution >= 4 is 38.7 Å². The van der Waals surface area contributed by atoms with Gasteiger partial charge in [-0.1, -0.05) is 6.07 Å². The summed E-state index contributed by atoms with van der Waals surface area (Å²) in [5.74, 6) is 1.25. The Morgan fingerprint density at radius 2 is 1.78 bits per heavy atom. The molecular weight excluding hydrogens is 418 g/mol. The Bertz CT molecular complexity index is 1150. The highest BCUT2D eigenvalue weighted by molar-refractivity contribution is 7.17. The molecule has 1 saturated heterocycles. The van der Waals surface area contributed by atoms with Gasteiger partial charge in [-0.15, -0.1) is 11.3 Å². The van der Waals surface area contributed by atoms with Crippen LogP contribution in [0.15, 0.2) is 41.8 Å². The second-order valence-corrected chi connectivity index (χ2v) is 9.97. The first-order valence-corrected chi connectivity index (χ1v) is 12.7. The van der Waals surface area contributed by atoms with Crippen LogP contribution in [0.1, 0.15) is 24.0 Å². The first kappa shape index (κ1) is 20.1. The maximum atomic E-state index is 12.1. The molecule has 0 bridgehead atoms. The third kappa shape index (κ3) is 3.65. The van der Waals surface area contributed by atoms with Crippen LogP contribution in [0, 0.1) is 0 Å². The summed E-state index contributed by atoms with van der Waals surface area (Å²) in [6.45, 7) is 7.03. The van der Waals surface area contributed by atoms with Gasteiger partial charge < -0.3 is 14.5 Å². The summed E-state index contributed by atoms with van der Waals surface area (Å²) < 4.78 is 7.52. The van der Waals surface area contributed by atoms with E-state index in [0.717, 1.165) is 70.9 Å². The molecule has 0 saturated carbocycles. The van der Waals surface area contributed by atoms with Crippen molar-refractivity contribution in [2.24, 2.45) is 0 Å². The Labute approximate surface area is 193 Å². The van der Waals surface area contributed by atoms with Crippen LogP contribution in [0.4, 0.5) is 11.4 Å². The molecule has 1 fully saturated rings. The summed E-state index contributed by atoms with van der Waals surface area (Å²) in [6, 6.07) is 13.2. The maximum Gasteiger partial charge on any atom is 0.227 e. The lowest BCUT2D eigenvalue weighted by atomic mass is 9.99. The highest BCUT2D eigenvalue weighted by Gasteiger charge is 2.31. The molecule has 6 heteroatoms. The van der Waals surface area contributed by atoms with Crippen LogP contribution in [0.25, 0.3) is 10.1 Å². The molecule has 32 heavy (non-hydrogen) atoms. The largest absolute Gasteiger partial charge is 0.494 e. The monoisotopic (exact) mass is 447 g/mol. The summed E-state index contributed by atoms with van der Waals surface area (Å²) in [4.78, 5) is 19.2. The molecule has 0 spiro atoms. The minimum absolute atomic E-state index is 0.275. The molecule has 1 amide bonds. The summed E-state index contributed by atoms with van der Waals surface area (Å²) in [5.41, 5.74) is 5.12. The summed E-state index contributed by atoms with van der Waals surface area (Å²) in [5, 5.41) is 3.58. The van der Waals surface area contributed by atoms with Gasteiger partial charge in [-0.3, -0.25) is 9.69 Å². The zero-order valence-electron chi connectivity index (χ0n) is 18.4. The van der Waals surface area contributed by atoms with Gasteiger partial charge in [0.1, 0.15) is 5.75 Å². The summed E-state index contributed by atoms with van der Waals surface area (Å²) in [6.07, 6.45) is 3.47. The average Bonchev–Trinajstić information content (AvgIpc) is 3.48. The van der Waals surface area contributed by atoms with Gasteiger partial charge in [0.2, 0.25) is 5.91 Å². The van der Waals surface area contributed by atoms with Crippen LogP contribution in [-0.2, 0) is 17.6 Å². The lowest BCUT2D eigenvalue weighted by Crippen LogP contribution is -2.46. The van der Waals surface area contributed by atoms with Crippen LogP contribution in [0.3, 0.4) is 0 Å². The molecule has 3 aromatic rings. The first-order chi connectivity index (χ1) is 15.8. The number of hydrogen-bond donors (Lipinski definition) is 0. The molecule has 0 radical (unpaired) electrons. The Morgan fingerprint density at radius 1 is 0.938 bits per heavy atom. The molecule has 4 heterocycles. The molecule has 0 atom stereocenters. The third-order valence-corrected chi connectivity index (χ3v) is 7.98. The van der Waals surface area contributed by atoms with Crippen molar-refractivity contribution in [3.05, 3.63) is 52.9 Å². The molecule has 1 aromatic heterocycles. The van der Waals surface area contributed by atoms with Crippen LogP contribution in [0.5, 0.6) is 5.75 Å². The van der Waals surface area contributed by atoms with E-state index < -0.39 is 0 Å². The van der Waals surface area contributed by atoms with E-state index in [1.54, 1.807) is 0 Å². The van der Waals surface area contributed by atoms with Crippen molar-refractivity contribution < 1.29 is 9.53 Å². The number of benzene rings is 2. The Kier molecular flexibility index (Phi) is 5.27. The number of aryl methyl sites for hydroxylation is 1. The number of nitrogens with zero attached hydrogens (tertiary/aromatic N) is 3. The van der Waals surface area contributed by atoms with E-state index in [-0.39, 0.29) is 5.91 Å². The molecule has 6 rings (SSSR count). The van der Waals surface area contributed by atoms with E-state index in [9.17, 15) is 4.79 Å². The van der Waals surface area contributed by atoms with Gasteiger partial charge in [-0.25, -0.2) is 0 Å². The highest BCUT2D eigenvalue weighted by Crippen LogP contribution is 2.39. The third-order valence-electron chi connectivity index (χ3n) is 7.10.